The minimum Gasteiger partial charge on any atom is -0.464 e. The number of aromatic nitrogens is 1. The van der Waals surface area contributed by atoms with Crippen LogP contribution in [0.2, 0.25) is 0 Å². The SMILES string of the molecule is CCOC(=O)c1c(-c2ccco2)csc1NC(=S)NCc1cccnc1. The molecule has 0 saturated carbocycles. The zero-order valence-corrected chi connectivity index (χ0v) is 15.7. The van der Waals surface area contributed by atoms with Gasteiger partial charge in [-0.05, 0) is 42.9 Å². The van der Waals surface area contributed by atoms with Gasteiger partial charge in [-0.1, -0.05) is 6.07 Å². The van der Waals surface area contributed by atoms with Crippen LogP contribution in [0.4, 0.5) is 5.00 Å². The maximum absolute atomic E-state index is 12.4. The quantitative estimate of drug-likeness (QED) is 0.488. The molecule has 0 bridgehead atoms. The summed E-state index contributed by atoms with van der Waals surface area (Å²) in [7, 11) is 0. The van der Waals surface area contributed by atoms with Crippen LogP contribution in [0.3, 0.4) is 0 Å². The molecule has 2 N–H and O–H groups in total. The van der Waals surface area contributed by atoms with Gasteiger partial charge in [0, 0.05) is 29.9 Å². The van der Waals surface area contributed by atoms with Crippen LogP contribution in [-0.4, -0.2) is 22.7 Å². The van der Waals surface area contributed by atoms with Gasteiger partial charge in [0.2, 0.25) is 0 Å². The van der Waals surface area contributed by atoms with Gasteiger partial charge < -0.3 is 19.8 Å². The summed E-state index contributed by atoms with van der Waals surface area (Å²) in [6.07, 6.45) is 5.04. The predicted octanol–water partition coefficient (Wildman–Crippen LogP) is 4.07. The summed E-state index contributed by atoms with van der Waals surface area (Å²) in [4.78, 5) is 16.5. The van der Waals surface area contributed by atoms with Gasteiger partial charge in [0.25, 0.3) is 0 Å². The smallest absolute Gasteiger partial charge is 0.341 e. The van der Waals surface area contributed by atoms with E-state index < -0.39 is 5.97 Å². The third-order valence-electron chi connectivity index (χ3n) is 3.46. The summed E-state index contributed by atoms with van der Waals surface area (Å²) in [5, 5.41) is 9.04. The maximum Gasteiger partial charge on any atom is 0.341 e. The van der Waals surface area contributed by atoms with E-state index in [4.69, 9.17) is 21.4 Å². The number of carbonyl (C=O) groups excluding carboxylic acids is 1. The Labute approximate surface area is 160 Å². The standard InChI is InChI=1S/C18H17N3O3S2/c1-2-23-17(22)15-13(14-6-4-8-24-14)11-26-16(15)21-18(25)20-10-12-5-3-7-19-9-12/h3-9,11H,2,10H2,1H3,(H2,20,21,25). The van der Waals surface area contributed by atoms with Crippen LogP contribution in [0, 0.1) is 0 Å². The molecule has 3 rings (SSSR count). The molecule has 134 valence electrons. The number of thiophene rings is 1. The molecule has 26 heavy (non-hydrogen) atoms. The van der Waals surface area contributed by atoms with E-state index in [1.54, 1.807) is 37.7 Å². The molecule has 8 heteroatoms. The molecule has 6 nitrogen and oxygen atoms in total. The average molecular weight is 387 g/mol. The first kappa shape index (κ1) is 18.1. The van der Waals surface area contributed by atoms with Crippen LogP contribution in [0.1, 0.15) is 22.8 Å². The maximum atomic E-state index is 12.4. The highest BCUT2D eigenvalue weighted by atomic mass is 32.1. The molecule has 0 saturated heterocycles. The van der Waals surface area contributed by atoms with Gasteiger partial charge in [-0.2, -0.15) is 0 Å². The third kappa shape index (κ3) is 4.27. The van der Waals surface area contributed by atoms with Crippen molar-refractivity contribution >= 4 is 39.6 Å². The molecular weight excluding hydrogens is 370 g/mol. The van der Waals surface area contributed by atoms with Crippen molar-refractivity contribution in [3.05, 3.63) is 59.4 Å². The first-order chi connectivity index (χ1) is 12.7. The number of pyridine rings is 1. The molecule has 0 unspecified atom stereocenters. The van der Waals surface area contributed by atoms with E-state index in [1.807, 2.05) is 17.5 Å². The van der Waals surface area contributed by atoms with E-state index in [2.05, 4.69) is 15.6 Å². The molecule has 0 atom stereocenters. The fourth-order valence-corrected chi connectivity index (χ4v) is 3.48. The van der Waals surface area contributed by atoms with E-state index in [0.29, 0.717) is 33.5 Å². The summed E-state index contributed by atoms with van der Waals surface area (Å²) in [5.41, 5.74) is 2.10. The lowest BCUT2D eigenvalue weighted by molar-refractivity contribution is 0.0529. The number of esters is 1. The number of ether oxygens (including phenoxy) is 1. The Bertz CT molecular complexity index is 876. The van der Waals surface area contributed by atoms with Crippen molar-refractivity contribution in [2.45, 2.75) is 13.5 Å². The number of carbonyl (C=O) groups is 1. The summed E-state index contributed by atoms with van der Waals surface area (Å²) < 4.78 is 10.6. The zero-order valence-electron chi connectivity index (χ0n) is 14.0. The summed E-state index contributed by atoms with van der Waals surface area (Å²) in [6.45, 7) is 2.59. The van der Waals surface area contributed by atoms with E-state index in [1.165, 1.54) is 11.3 Å². The average Bonchev–Trinajstić information content (AvgIpc) is 3.30. The van der Waals surface area contributed by atoms with Crippen molar-refractivity contribution in [3.8, 4) is 11.3 Å². The van der Waals surface area contributed by atoms with Crippen molar-refractivity contribution in [2.75, 3.05) is 11.9 Å². The Kier molecular flexibility index (Phi) is 5.98. The monoisotopic (exact) mass is 387 g/mol. The molecule has 0 radical (unpaired) electrons. The van der Waals surface area contributed by atoms with Crippen LogP contribution in [0.25, 0.3) is 11.3 Å². The lowest BCUT2D eigenvalue weighted by Crippen LogP contribution is -2.28. The predicted molar refractivity (Wildman–Crippen MR) is 105 cm³/mol. The normalized spacial score (nSPS) is 10.3. The Morgan fingerprint density at radius 3 is 2.96 bits per heavy atom. The van der Waals surface area contributed by atoms with E-state index in [-0.39, 0.29) is 6.61 Å². The number of nitrogens with one attached hydrogen (secondary N) is 2. The molecule has 0 aliphatic heterocycles. The van der Waals surface area contributed by atoms with Gasteiger partial charge in [-0.15, -0.1) is 11.3 Å². The lowest BCUT2D eigenvalue weighted by atomic mass is 10.1. The molecule has 0 aliphatic carbocycles. The molecule has 0 spiro atoms. The highest BCUT2D eigenvalue weighted by molar-refractivity contribution is 7.80. The Morgan fingerprint density at radius 1 is 1.38 bits per heavy atom. The van der Waals surface area contributed by atoms with E-state index in [0.717, 1.165) is 5.56 Å². The number of nitrogens with zero attached hydrogens (tertiary/aromatic N) is 1. The fraction of sp³-hybridized carbons (Fsp3) is 0.167. The molecule has 0 fully saturated rings. The molecule has 0 aromatic carbocycles. The number of anilines is 1. The fourth-order valence-electron chi connectivity index (χ4n) is 2.30. The molecule has 3 aromatic heterocycles. The number of rotatable bonds is 6. The minimum atomic E-state index is -0.419. The Hall–Kier alpha value is -2.71. The van der Waals surface area contributed by atoms with Gasteiger partial charge in [-0.3, -0.25) is 4.98 Å². The highest BCUT2D eigenvalue weighted by Gasteiger charge is 2.23. The van der Waals surface area contributed by atoms with Crippen LogP contribution in [0.5, 0.6) is 0 Å². The van der Waals surface area contributed by atoms with Gasteiger partial charge in [0.05, 0.1) is 12.9 Å². The summed E-state index contributed by atoms with van der Waals surface area (Å²) in [5.74, 6) is 0.185. The number of hydrogen-bond donors (Lipinski definition) is 2. The van der Waals surface area contributed by atoms with Gasteiger partial charge >= 0.3 is 5.97 Å². The van der Waals surface area contributed by atoms with Gasteiger partial charge in [0.1, 0.15) is 16.3 Å². The summed E-state index contributed by atoms with van der Waals surface area (Å²) >= 11 is 6.71. The molecule has 0 amide bonds. The molecule has 3 aromatic rings. The first-order valence-corrected chi connectivity index (χ1v) is 9.24. The topological polar surface area (TPSA) is 76.4 Å². The molecule has 0 aliphatic rings. The Morgan fingerprint density at radius 2 is 2.27 bits per heavy atom. The number of furan rings is 1. The van der Waals surface area contributed by atoms with Gasteiger partial charge in [-0.25, -0.2) is 4.79 Å². The van der Waals surface area contributed by atoms with Crippen molar-refractivity contribution in [3.63, 3.8) is 0 Å². The van der Waals surface area contributed by atoms with Crippen molar-refractivity contribution < 1.29 is 13.9 Å². The van der Waals surface area contributed by atoms with Crippen LogP contribution in [0.15, 0.2) is 52.7 Å². The Balaban J connectivity index is 1.76. The molecular formula is C18H17N3O3S2. The van der Waals surface area contributed by atoms with Crippen LogP contribution in [-0.2, 0) is 11.3 Å². The van der Waals surface area contributed by atoms with Crippen molar-refractivity contribution in [1.29, 1.82) is 0 Å². The van der Waals surface area contributed by atoms with Crippen molar-refractivity contribution in [1.82, 2.24) is 10.3 Å². The first-order valence-electron chi connectivity index (χ1n) is 7.95. The number of hydrogen-bond acceptors (Lipinski definition) is 6. The third-order valence-corrected chi connectivity index (χ3v) is 4.60. The highest BCUT2D eigenvalue weighted by Crippen LogP contribution is 2.36. The zero-order chi connectivity index (χ0) is 18.4. The summed E-state index contributed by atoms with van der Waals surface area (Å²) in [6, 6.07) is 7.39. The second-order valence-electron chi connectivity index (χ2n) is 5.22. The van der Waals surface area contributed by atoms with Crippen LogP contribution >= 0.6 is 23.6 Å². The second-order valence-corrected chi connectivity index (χ2v) is 6.51. The number of thiocarbonyl (C=S) groups is 1. The van der Waals surface area contributed by atoms with Crippen molar-refractivity contribution in [2.24, 2.45) is 0 Å². The van der Waals surface area contributed by atoms with E-state index >= 15 is 0 Å². The largest absolute Gasteiger partial charge is 0.464 e. The lowest BCUT2D eigenvalue weighted by Gasteiger charge is -2.11. The minimum absolute atomic E-state index is 0.287. The van der Waals surface area contributed by atoms with E-state index in [9.17, 15) is 4.79 Å². The second kappa shape index (κ2) is 8.59. The van der Waals surface area contributed by atoms with Gasteiger partial charge in [0.15, 0.2) is 5.11 Å². The molecule has 3 heterocycles. The van der Waals surface area contributed by atoms with Crippen LogP contribution < -0.4 is 10.6 Å².